The maximum Gasteiger partial charge on any atom is 0.0169 e. The van der Waals surface area contributed by atoms with Crippen LogP contribution in [0.4, 0.5) is 0 Å². The zero-order valence-electron chi connectivity index (χ0n) is 12.1. The Kier molecular flexibility index (Phi) is 3.92. The third-order valence-corrected chi connectivity index (χ3v) is 5.35. The summed E-state index contributed by atoms with van der Waals surface area (Å²) in [6.07, 6.45) is 8.42. The molecule has 2 bridgehead atoms. The number of nitrogens with zero attached hydrogens (tertiary/aromatic N) is 2. The van der Waals surface area contributed by atoms with Gasteiger partial charge in [0.2, 0.25) is 0 Å². The molecule has 3 heterocycles. The van der Waals surface area contributed by atoms with Crippen molar-refractivity contribution >= 4 is 0 Å². The van der Waals surface area contributed by atoms with Gasteiger partial charge in [0, 0.05) is 30.7 Å². The minimum Gasteiger partial charge on any atom is -0.310 e. The highest BCUT2D eigenvalue weighted by molar-refractivity contribution is 4.96. The molecule has 0 aromatic heterocycles. The SMILES string of the molecule is CC(CN1CCCC1)NC1CC2CCC(C1)N2C. The van der Waals surface area contributed by atoms with Crippen LogP contribution in [0.15, 0.2) is 0 Å². The minimum absolute atomic E-state index is 0.663. The lowest BCUT2D eigenvalue weighted by atomic mass is 9.97. The van der Waals surface area contributed by atoms with Crippen LogP contribution in [0.3, 0.4) is 0 Å². The van der Waals surface area contributed by atoms with Gasteiger partial charge in [0.25, 0.3) is 0 Å². The third kappa shape index (κ3) is 2.73. The average molecular weight is 251 g/mol. The summed E-state index contributed by atoms with van der Waals surface area (Å²) in [7, 11) is 2.33. The van der Waals surface area contributed by atoms with Crippen LogP contribution in [0.5, 0.6) is 0 Å². The van der Waals surface area contributed by atoms with E-state index in [1.165, 1.54) is 58.2 Å². The second-order valence-electron chi connectivity index (χ2n) is 6.79. The maximum absolute atomic E-state index is 3.90. The van der Waals surface area contributed by atoms with Crippen LogP contribution in [0.25, 0.3) is 0 Å². The monoisotopic (exact) mass is 251 g/mol. The van der Waals surface area contributed by atoms with Crippen molar-refractivity contribution in [2.24, 2.45) is 0 Å². The number of hydrogen-bond acceptors (Lipinski definition) is 3. The Labute approximate surface area is 112 Å². The highest BCUT2D eigenvalue weighted by atomic mass is 15.2. The van der Waals surface area contributed by atoms with Crippen LogP contribution in [0, 0.1) is 0 Å². The number of hydrogen-bond donors (Lipinski definition) is 1. The second kappa shape index (κ2) is 5.48. The first kappa shape index (κ1) is 12.9. The van der Waals surface area contributed by atoms with E-state index in [2.05, 4.69) is 29.1 Å². The number of likely N-dealkylation sites (tertiary alicyclic amines) is 1. The van der Waals surface area contributed by atoms with Crippen molar-refractivity contribution in [2.75, 3.05) is 26.7 Å². The lowest BCUT2D eigenvalue weighted by Crippen LogP contribution is -2.51. The topological polar surface area (TPSA) is 18.5 Å². The Balaban J connectivity index is 1.45. The molecule has 0 radical (unpaired) electrons. The molecule has 0 spiro atoms. The van der Waals surface area contributed by atoms with E-state index in [9.17, 15) is 0 Å². The van der Waals surface area contributed by atoms with Crippen LogP contribution in [-0.2, 0) is 0 Å². The summed E-state index contributed by atoms with van der Waals surface area (Å²) in [6, 6.07) is 3.16. The minimum atomic E-state index is 0.663. The van der Waals surface area contributed by atoms with Gasteiger partial charge in [0.1, 0.15) is 0 Å². The summed E-state index contributed by atoms with van der Waals surface area (Å²) < 4.78 is 0. The van der Waals surface area contributed by atoms with Gasteiger partial charge >= 0.3 is 0 Å². The van der Waals surface area contributed by atoms with Crippen molar-refractivity contribution in [2.45, 2.75) is 69.6 Å². The number of nitrogens with one attached hydrogen (secondary N) is 1. The Morgan fingerprint density at radius 1 is 1.11 bits per heavy atom. The molecule has 3 fully saturated rings. The van der Waals surface area contributed by atoms with Gasteiger partial charge in [-0.15, -0.1) is 0 Å². The number of fused-ring (bicyclic) bond motifs is 2. The molecule has 3 nitrogen and oxygen atoms in total. The Morgan fingerprint density at radius 2 is 1.72 bits per heavy atom. The fourth-order valence-corrected chi connectivity index (χ4v) is 4.36. The number of piperidine rings is 1. The summed E-state index contributed by atoms with van der Waals surface area (Å²) in [5, 5.41) is 3.90. The van der Waals surface area contributed by atoms with Gasteiger partial charge in [0.15, 0.2) is 0 Å². The highest BCUT2D eigenvalue weighted by Gasteiger charge is 2.38. The molecule has 3 rings (SSSR count). The van der Waals surface area contributed by atoms with Gasteiger partial charge in [-0.3, -0.25) is 0 Å². The van der Waals surface area contributed by atoms with Gasteiger partial charge < -0.3 is 15.1 Å². The van der Waals surface area contributed by atoms with Gasteiger partial charge in [-0.25, -0.2) is 0 Å². The van der Waals surface area contributed by atoms with Gasteiger partial charge in [-0.1, -0.05) is 0 Å². The van der Waals surface area contributed by atoms with Crippen molar-refractivity contribution in [1.82, 2.24) is 15.1 Å². The smallest absolute Gasteiger partial charge is 0.0169 e. The van der Waals surface area contributed by atoms with E-state index in [4.69, 9.17) is 0 Å². The molecule has 0 aliphatic carbocycles. The summed E-state index contributed by atoms with van der Waals surface area (Å²) in [5.41, 5.74) is 0. The van der Waals surface area contributed by atoms with E-state index in [0.717, 1.165) is 18.1 Å². The molecule has 0 saturated carbocycles. The van der Waals surface area contributed by atoms with Crippen LogP contribution in [0.1, 0.15) is 45.4 Å². The zero-order chi connectivity index (χ0) is 12.5. The van der Waals surface area contributed by atoms with Crippen molar-refractivity contribution in [3.63, 3.8) is 0 Å². The predicted molar refractivity (Wildman–Crippen MR) is 75.9 cm³/mol. The molecule has 18 heavy (non-hydrogen) atoms. The van der Waals surface area contributed by atoms with E-state index < -0.39 is 0 Å². The van der Waals surface area contributed by atoms with E-state index in [0.29, 0.717) is 6.04 Å². The quantitative estimate of drug-likeness (QED) is 0.820. The standard InChI is InChI=1S/C15H29N3/c1-12(11-18-7-3-4-8-18)16-13-9-14-5-6-15(10-13)17(14)2/h12-16H,3-11H2,1-2H3. The van der Waals surface area contributed by atoms with Gasteiger partial charge in [-0.05, 0) is 65.6 Å². The predicted octanol–water partition coefficient (Wildman–Crippen LogP) is 1.69. The molecule has 3 atom stereocenters. The van der Waals surface area contributed by atoms with Crippen LogP contribution in [0.2, 0.25) is 0 Å². The first-order valence-corrected chi connectivity index (χ1v) is 7.92. The highest BCUT2D eigenvalue weighted by Crippen LogP contribution is 2.34. The molecule has 0 aromatic carbocycles. The average Bonchev–Trinajstić information content (AvgIpc) is 2.87. The van der Waals surface area contributed by atoms with Crippen LogP contribution in [-0.4, -0.2) is 60.6 Å². The van der Waals surface area contributed by atoms with E-state index in [1.54, 1.807) is 0 Å². The molecular weight excluding hydrogens is 222 g/mol. The van der Waals surface area contributed by atoms with Crippen molar-refractivity contribution in [3.8, 4) is 0 Å². The molecule has 3 heteroatoms. The molecule has 0 amide bonds. The van der Waals surface area contributed by atoms with E-state index in [-0.39, 0.29) is 0 Å². The molecule has 3 aliphatic rings. The van der Waals surface area contributed by atoms with Crippen molar-refractivity contribution in [3.05, 3.63) is 0 Å². The molecular formula is C15H29N3. The zero-order valence-corrected chi connectivity index (χ0v) is 12.1. The molecule has 104 valence electrons. The van der Waals surface area contributed by atoms with Crippen molar-refractivity contribution < 1.29 is 0 Å². The van der Waals surface area contributed by atoms with E-state index >= 15 is 0 Å². The molecule has 3 aliphatic heterocycles. The third-order valence-electron chi connectivity index (χ3n) is 5.35. The molecule has 3 saturated heterocycles. The first-order valence-electron chi connectivity index (χ1n) is 7.92. The fraction of sp³-hybridized carbons (Fsp3) is 1.00. The van der Waals surface area contributed by atoms with Gasteiger partial charge in [-0.2, -0.15) is 0 Å². The Hall–Kier alpha value is -0.120. The Bertz CT molecular complexity index is 261. The summed E-state index contributed by atoms with van der Waals surface area (Å²) in [5.74, 6) is 0. The molecule has 1 N–H and O–H groups in total. The number of rotatable bonds is 4. The van der Waals surface area contributed by atoms with Crippen LogP contribution >= 0.6 is 0 Å². The fourth-order valence-electron chi connectivity index (χ4n) is 4.36. The van der Waals surface area contributed by atoms with Crippen molar-refractivity contribution in [1.29, 1.82) is 0 Å². The molecule has 3 unspecified atom stereocenters. The van der Waals surface area contributed by atoms with Crippen LogP contribution < -0.4 is 5.32 Å². The molecule has 0 aromatic rings. The van der Waals surface area contributed by atoms with Gasteiger partial charge in [0.05, 0.1) is 0 Å². The maximum atomic E-state index is 3.90. The first-order chi connectivity index (χ1) is 8.72. The lowest BCUT2D eigenvalue weighted by molar-refractivity contribution is 0.140. The lowest BCUT2D eigenvalue weighted by Gasteiger charge is -2.38. The largest absolute Gasteiger partial charge is 0.310 e. The summed E-state index contributed by atoms with van der Waals surface area (Å²) in [6.45, 7) is 6.27. The summed E-state index contributed by atoms with van der Waals surface area (Å²) in [4.78, 5) is 5.25. The van der Waals surface area contributed by atoms with E-state index in [1.807, 2.05) is 0 Å². The second-order valence-corrected chi connectivity index (χ2v) is 6.79. The summed E-state index contributed by atoms with van der Waals surface area (Å²) >= 11 is 0. The Morgan fingerprint density at radius 3 is 2.33 bits per heavy atom. The normalized spacial score (nSPS) is 39.3.